The van der Waals surface area contributed by atoms with Crippen molar-refractivity contribution in [2.24, 2.45) is 10.1 Å². The van der Waals surface area contributed by atoms with Crippen molar-refractivity contribution >= 4 is 12.1 Å². The maximum atomic E-state index is 4.56. The molecule has 1 aliphatic carbocycles. The van der Waals surface area contributed by atoms with E-state index in [-0.39, 0.29) is 0 Å². The van der Waals surface area contributed by atoms with Crippen LogP contribution in [0.1, 0.15) is 24.5 Å². The van der Waals surface area contributed by atoms with Crippen LogP contribution in [0.15, 0.2) is 112 Å². The summed E-state index contributed by atoms with van der Waals surface area (Å²) < 4.78 is 2.01. The van der Waals surface area contributed by atoms with Crippen molar-refractivity contribution in [2.75, 3.05) is 6.54 Å². The third kappa shape index (κ3) is 4.84. The fourth-order valence-corrected chi connectivity index (χ4v) is 4.08. The molecule has 0 amide bonds. The predicted octanol–water partition coefficient (Wildman–Crippen LogP) is 5.41. The first-order valence-electron chi connectivity index (χ1n) is 11.1. The lowest BCUT2D eigenvalue weighted by Gasteiger charge is -2.15. The molecule has 2 heterocycles. The van der Waals surface area contributed by atoms with Gasteiger partial charge in [-0.15, -0.1) is 5.73 Å². The number of aromatic nitrogens is 2. The van der Waals surface area contributed by atoms with E-state index in [0.717, 1.165) is 35.5 Å². The van der Waals surface area contributed by atoms with Crippen LogP contribution in [0.3, 0.4) is 0 Å². The average Bonchev–Trinajstić information content (AvgIpc) is 3.32. The average molecular weight is 432 g/mol. The van der Waals surface area contributed by atoms with Crippen LogP contribution < -0.4 is 5.43 Å². The Morgan fingerprint density at radius 2 is 1.94 bits per heavy atom. The van der Waals surface area contributed by atoms with E-state index >= 15 is 0 Å². The molecule has 0 fully saturated rings. The van der Waals surface area contributed by atoms with E-state index in [1.165, 1.54) is 22.3 Å². The molecule has 1 aromatic heterocycles. The van der Waals surface area contributed by atoms with Gasteiger partial charge in [0.15, 0.2) is 0 Å². The van der Waals surface area contributed by atoms with Gasteiger partial charge in [-0.25, -0.2) is 4.98 Å². The van der Waals surface area contributed by atoms with Crippen LogP contribution in [0.2, 0.25) is 0 Å². The zero-order valence-corrected chi connectivity index (χ0v) is 18.6. The largest absolute Gasteiger partial charge is 0.306 e. The number of aryl methyl sites for hydroxylation is 1. The Balaban J connectivity index is 1.47. The van der Waals surface area contributed by atoms with Gasteiger partial charge in [0.1, 0.15) is 5.84 Å². The van der Waals surface area contributed by atoms with Crippen LogP contribution in [-0.2, 0) is 6.42 Å². The Bertz CT molecular complexity index is 1330. The van der Waals surface area contributed by atoms with Crippen molar-refractivity contribution in [3.05, 3.63) is 113 Å². The first-order chi connectivity index (χ1) is 16.3. The van der Waals surface area contributed by atoms with Gasteiger partial charge in [0.25, 0.3) is 0 Å². The summed E-state index contributed by atoms with van der Waals surface area (Å²) in [6.07, 6.45) is 17.6. The van der Waals surface area contributed by atoms with E-state index in [4.69, 9.17) is 0 Å². The number of hydrazone groups is 1. The van der Waals surface area contributed by atoms with Gasteiger partial charge < -0.3 is 4.57 Å². The number of hydrogen-bond acceptors (Lipinski definition) is 4. The fourth-order valence-electron chi connectivity index (χ4n) is 4.08. The van der Waals surface area contributed by atoms with Crippen molar-refractivity contribution in [3.8, 4) is 16.8 Å². The minimum atomic E-state index is 0.603. The van der Waals surface area contributed by atoms with Crippen molar-refractivity contribution in [1.29, 1.82) is 0 Å². The molecule has 2 aromatic carbocycles. The van der Waals surface area contributed by atoms with E-state index < -0.39 is 0 Å². The molecule has 5 nitrogen and oxygen atoms in total. The molecule has 3 aromatic rings. The Morgan fingerprint density at radius 3 is 2.73 bits per heavy atom. The van der Waals surface area contributed by atoms with E-state index in [0.29, 0.717) is 6.54 Å². The molecule has 0 atom stereocenters. The lowest BCUT2D eigenvalue weighted by atomic mass is 9.92. The summed E-state index contributed by atoms with van der Waals surface area (Å²) in [5.41, 5.74) is 14.6. The van der Waals surface area contributed by atoms with Crippen LogP contribution in [0.5, 0.6) is 0 Å². The van der Waals surface area contributed by atoms with Crippen molar-refractivity contribution in [3.63, 3.8) is 0 Å². The topological polar surface area (TPSA) is 54.6 Å². The number of nitrogens with zero attached hydrogens (tertiary/aromatic N) is 4. The monoisotopic (exact) mass is 431 g/mol. The third-order valence-electron chi connectivity index (χ3n) is 5.75. The van der Waals surface area contributed by atoms with Crippen LogP contribution >= 0.6 is 0 Å². The van der Waals surface area contributed by atoms with Crippen LogP contribution in [0, 0.1) is 0 Å². The molecule has 162 valence electrons. The number of imidazole rings is 1. The highest BCUT2D eigenvalue weighted by Gasteiger charge is 2.12. The van der Waals surface area contributed by atoms with Gasteiger partial charge in [0.05, 0.1) is 12.9 Å². The number of rotatable bonds is 6. The highest BCUT2D eigenvalue weighted by Crippen LogP contribution is 2.28. The van der Waals surface area contributed by atoms with Gasteiger partial charge in [0.2, 0.25) is 0 Å². The minimum Gasteiger partial charge on any atom is -0.306 e. The van der Waals surface area contributed by atoms with Crippen molar-refractivity contribution in [1.82, 2.24) is 15.0 Å². The molecule has 1 aliphatic heterocycles. The lowest BCUT2D eigenvalue weighted by molar-refractivity contribution is 0.959. The highest BCUT2D eigenvalue weighted by molar-refractivity contribution is 6.01. The van der Waals surface area contributed by atoms with Crippen LogP contribution in [-0.4, -0.2) is 28.1 Å². The normalized spacial score (nSPS) is 14.9. The van der Waals surface area contributed by atoms with Gasteiger partial charge in [-0.1, -0.05) is 36.4 Å². The number of allylic oxidation sites excluding steroid dienone is 5. The summed E-state index contributed by atoms with van der Waals surface area (Å²) in [6, 6.07) is 15.2. The molecule has 5 heteroatoms. The molecule has 2 aliphatic rings. The molecule has 0 spiro atoms. The van der Waals surface area contributed by atoms with E-state index in [2.05, 4.69) is 93.9 Å². The SMILES string of the molecule is CC1=C=CC=CC(CCc2cc(C3=NCC=NN3)ccc2-c2ccc(-n3ccnc3)cc2)=C1. The van der Waals surface area contributed by atoms with Crippen LogP contribution in [0.25, 0.3) is 16.8 Å². The van der Waals surface area contributed by atoms with E-state index in [1.54, 1.807) is 12.4 Å². The summed E-state index contributed by atoms with van der Waals surface area (Å²) in [4.78, 5) is 8.71. The van der Waals surface area contributed by atoms with Crippen molar-refractivity contribution in [2.45, 2.75) is 19.8 Å². The molecule has 0 saturated heterocycles. The molecule has 5 rings (SSSR count). The van der Waals surface area contributed by atoms with Gasteiger partial charge in [0, 0.05) is 29.9 Å². The van der Waals surface area contributed by atoms with Gasteiger partial charge in [-0.05, 0) is 78.0 Å². The first-order valence-corrected chi connectivity index (χ1v) is 11.1. The standard InChI is InChI=1S/C28H25N5/c1-21-4-2-3-5-22(18-21)6-7-24-19-25(28-30-14-15-31-32-28)10-13-27(24)23-8-11-26(12-9-23)33-17-16-29-20-33/h2-3,5,8-13,15-20H,6-7,14H2,1H3,(H,30,32). The summed E-state index contributed by atoms with van der Waals surface area (Å²) in [5.74, 6) is 0.817. The molecule has 1 N–H and O–H groups in total. The molecular weight excluding hydrogens is 406 g/mol. The van der Waals surface area contributed by atoms with Crippen LogP contribution in [0.4, 0.5) is 0 Å². The summed E-state index contributed by atoms with van der Waals surface area (Å²) in [7, 11) is 0. The minimum absolute atomic E-state index is 0.603. The quantitative estimate of drug-likeness (QED) is 0.531. The second-order valence-corrected chi connectivity index (χ2v) is 8.07. The Hall–Kier alpha value is -4.21. The molecule has 0 radical (unpaired) electrons. The number of benzene rings is 2. The molecular formula is C28H25N5. The first kappa shape index (κ1) is 20.7. The zero-order valence-electron chi connectivity index (χ0n) is 18.6. The highest BCUT2D eigenvalue weighted by atomic mass is 15.3. The predicted molar refractivity (Wildman–Crippen MR) is 135 cm³/mol. The Kier molecular flexibility index (Phi) is 5.96. The number of amidine groups is 1. The fraction of sp³-hybridized carbons (Fsp3) is 0.143. The van der Waals surface area contributed by atoms with Crippen molar-refractivity contribution < 1.29 is 0 Å². The second-order valence-electron chi connectivity index (χ2n) is 8.07. The Labute approximate surface area is 193 Å². The molecule has 0 saturated carbocycles. The zero-order chi connectivity index (χ0) is 22.5. The smallest absolute Gasteiger partial charge is 0.149 e. The van der Waals surface area contributed by atoms with Gasteiger partial charge in [-0.2, -0.15) is 5.10 Å². The third-order valence-corrected chi connectivity index (χ3v) is 5.75. The van der Waals surface area contributed by atoms with Gasteiger partial charge in [-0.3, -0.25) is 10.4 Å². The van der Waals surface area contributed by atoms with E-state index in [9.17, 15) is 0 Å². The summed E-state index contributed by atoms with van der Waals surface area (Å²) in [5, 5.41) is 4.17. The maximum absolute atomic E-state index is 4.56. The van der Waals surface area contributed by atoms with Gasteiger partial charge >= 0.3 is 0 Å². The summed E-state index contributed by atoms with van der Waals surface area (Å²) in [6.45, 7) is 2.69. The second kappa shape index (κ2) is 9.51. The number of nitrogens with one attached hydrogen (secondary N) is 1. The Morgan fingerprint density at radius 1 is 1.06 bits per heavy atom. The summed E-state index contributed by atoms with van der Waals surface area (Å²) >= 11 is 0. The van der Waals surface area contributed by atoms with E-state index in [1.807, 2.05) is 23.2 Å². The maximum Gasteiger partial charge on any atom is 0.149 e. The molecule has 0 bridgehead atoms. The lowest BCUT2D eigenvalue weighted by Crippen LogP contribution is -2.23. The number of hydrogen-bond donors (Lipinski definition) is 1. The number of aliphatic imine (C=N–C) groups is 1. The molecule has 0 unspecified atom stereocenters. The molecule has 33 heavy (non-hydrogen) atoms.